The average Bonchev–Trinajstić information content (AvgIpc) is 2.22. The van der Waals surface area contributed by atoms with E-state index in [0.29, 0.717) is 0 Å². The van der Waals surface area contributed by atoms with Gasteiger partial charge in [0, 0.05) is 6.42 Å². The fourth-order valence-corrected chi connectivity index (χ4v) is 1.08. The van der Waals surface area contributed by atoms with Crippen LogP contribution < -0.4 is 5.73 Å². The van der Waals surface area contributed by atoms with Crippen LogP contribution in [0.3, 0.4) is 0 Å². The molecule has 0 aromatic carbocycles. The second-order valence-electron chi connectivity index (χ2n) is 3.47. The minimum atomic E-state index is -4.86. The van der Waals surface area contributed by atoms with Gasteiger partial charge in [0.2, 0.25) is 0 Å². The fourth-order valence-electron chi connectivity index (χ4n) is 1.08. The van der Waals surface area contributed by atoms with E-state index in [2.05, 4.69) is 5.73 Å². The smallest absolute Gasteiger partial charge is 0.394 e. The molecule has 6 N–H and O–H groups in total. The molecule has 1 saturated heterocycles. The van der Waals surface area contributed by atoms with E-state index in [9.17, 15) is 13.2 Å². The first kappa shape index (κ1) is 17.1. The molecule has 0 aromatic rings. The Morgan fingerprint density at radius 3 is 2.11 bits per heavy atom. The van der Waals surface area contributed by atoms with Gasteiger partial charge in [-0.1, -0.05) is 0 Å². The number of alkyl halides is 3. The molecule has 1 aliphatic rings. The number of ether oxygens (including phenoxy) is 1. The van der Waals surface area contributed by atoms with Gasteiger partial charge >= 0.3 is 12.1 Å². The highest BCUT2D eigenvalue weighted by Gasteiger charge is 2.36. The fraction of sp³-hybridized carbons (Fsp3) is 0.875. The Balaban J connectivity index is 0.000000360. The van der Waals surface area contributed by atoms with Gasteiger partial charge in [-0.3, -0.25) is 4.79 Å². The van der Waals surface area contributed by atoms with Gasteiger partial charge in [-0.15, -0.1) is 0 Å². The molecule has 4 unspecified atom stereocenters. The van der Waals surface area contributed by atoms with Crippen molar-refractivity contribution in [3.63, 3.8) is 0 Å². The standard InChI is InChI=1S/C6H12O5.C2H2F3NO/c7-2-4-6(10)3(8)1-5(9)11-4;3-2(4,5)1(6)7/h3-10H,1-2H2;(H2,6,7). The van der Waals surface area contributed by atoms with Crippen molar-refractivity contribution in [2.75, 3.05) is 6.61 Å². The van der Waals surface area contributed by atoms with Gasteiger partial charge < -0.3 is 30.9 Å². The number of nitrogens with two attached hydrogens (primary N) is 1. The molecule has 1 amide bonds. The van der Waals surface area contributed by atoms with Crippen LogP contribution in [-0.2, 0) is 9.53 Å². The van der Waals surface area contributed by atoms with Crippen LogP contribution in [0.2, 0.25) is 0 Å². The van der Waals surface area contributed by atoms with Crippen molar-refractivity contribution in [3.8, 4) is 0 Å². The lowest BCUT2D eigenvalue weighted by molar-refractivity contribution is -0.239. The lowest BCUT2D eigenvalue weighted by Gasteiger charge is -2.33. The van der Waals surface area contributed by atoms with Gasteiger partial charge in [0.05, 0.1) is 12.7 Å². The van der Waals surface area contributed by atoms with E-state index < -0.39 is 43.3 Å². The molecule has 1 heterocycles. The Morgan fingerprint density at radius 1 is 1.33 bits per heavy atom. The van der Waals surface area contributed by atoms with Crippen LogP contribution >= 0.6 is 0 Å². The normalized spacial score (nSPS) is 32.4. The molecule has 7 nitrogen and oxygen atoms in total. The predicted molar refractivity (Wildman–Crippen MR) is 49.8 cm³/mol. The Bertz CT molecular complexity index is 274. The Morgan fingerprint density at radius 2 is 1.78 bits per heavy atom. The molecule has 0 bridgehead atoms. The van der Waals surface area contributed by atoms with Gasteiger partial charge in [0.1, 0.15) is 12.2 Å². The van der Waals surface area contributed by atoms with E-state index in [1.807, 2.05) is 0 Å². The molecule has 10 heteroatoms. The molecule has 108 valence electrons. The Kier molecular flexibility index (Phi) is 6.49. The summed E-state index contributed by atoms with van der Waals surface area (Å²) < 4.78 is 36.8. The molecule has 18 heavy (non-hydrogen) atoms. The summed E-state index contributed by atoms with van der Waals surface area (Å²) in [5, 5.41) is 35.6. The van der Waals surface area contributed by atoms with Crippen LogP contribution in [-0.4, -0.2) is 63.7 Å². The minimum absolute atomic E-state index is 0.0162. The number of carbonyl (C=O) groups is 1. The van der Waals surface area contributed by atoms with Crippen molar-refractivity contribution < 1.29 is 43.1 Å². The monoisotopic (exact) mass is 277 g/mol. The van der Waals surface area contributed by atoms with Gasteiger partial charge in [-0.2, -0.15) is 13.2 Å². The third-order valence-electron chi connectivity index (χ3n) is 2.01. The molecular weight excluding hydrogens is 263 g/mol. The first-order chi connectivity index (χ1) is 8.09. The lowest BCUT2D eigenvalue weighted by Crippen LogP contribution is -2.49. The molecule has 4 atom stereocenters. The van der Waals surface area contributed by atoms with Crippen LogP contribution in [0.5, 0.6) is 0 Å². The summed E-state index contributed by atoms with van der Waals surface area (Å²) in [5.41, 5.74) is 3.81. The van der Waals surface area contributed by atoms with Crippen molar-refractivity contribution >= 4 is 5.91 Å². The third-order valence-corrected chi connectivity index (χ3v) is 2.01. The number of halogens is 3. The molecule has 1 aliphatic heterocycles. The quantitative estimate of drug-likeness (QED) is 0.371. The SMILES string of the molecule is NC(=O)C(F)(F)F.OCC1OC(O)CC(O)C1O. The summed E-state index contributed by atoms with van der Waals surface area (Å²) in [5.74, 6) is -2.26. The van der Waals surface area contributed by atoms with Crippen LogP contribution in [0.4, 0.5) is 13.2 Å². The molecular formula is C8H14F3NO6. The number of hydrogen-bond donors (Lipinski definition) is 5. The van der Waals surface area contributed by atoms with Crippen molar-refractivity contribution in [2.45, 2.75) is 37.2 Å². The second-order valence-corrected chi connectivity index (χ2v) is 3.47. The molecule has 0 aromatic heterocycles. The third kappa shape index (κ3) is 5.60. The van der Waals surface area contributed by atoms with Crippen molar-refractivity contribution in [2.24, 2.45) is 5.73 Å². The topological polar surface area (TPSA) is 133 Å². The first-order valence-corrected chi connectivity index (χ1v) is 4.76. The van der Waals surface area contributed by atoms with Crippen LogP contribution in [0.15, 0.2) is 0 Å². The number of carbonyl (C=O) groups excluding carboxylic acids is 1. The van der Waals surface area contributed by atoms with Crippen LogP contribution in [0, 0.1) is 0 Å². The first-order valence-electron chi connectivity index (χ1n) is 4.76. The maximum atomic E-state index is 10.7. The maximum absolute atomic E-state index is 10.7. The van der Waals surface area contributed by atoms with E-state index >= 15 is 0 Å². The van der Waals surface area contributed by atoms with Crippen LogP contribution in [0.1, 0.15) is 6.42 Å². The van der Waals surface area contributed by atoms with Gasteiger partial charge in [0.25, 0.3) is 0 Å². The summed E-state index contributed by atoms with van der Waals surface area (Å²) in [4.78, 5) is 9.12. The van der Waals surface area contributed by atoms with Gasteiger partial charge in [-0.25, -0.2) is 0 Å². The van der Waals surface area contributed by atoms with Gasteiger partial charge in [0.15, 0.2) is 6.29 Å². The number of primary amides is 1. The molecule has 0 spiro atoms. The number of amides is 1. The molecule has 0 saturated carbocycles. The zero-order valence-electron chi connectivity index (χ0n) is 9.04. The highest BCUT2D eigenvalue weighted by Crippen LogP contribution is 2.18. The zero-order valence-corrected chi connectivity index (χ0v) is 9.04. The molecule has 1 fully saturated rings. The summed E-state index contributed by atoms with van der Waals surface area (Å²) in [6.07, 6.45) is -8.98. The van der Waals surface area contributed by atoms with Crippen molar-refractivity contribution in [1.29, 1.82) is 0 Å². The van der Waals surface area contributed by atoms with Crippen molar-refractivity contribution in [1.82, 2.24) is 0 Å². The van der Waals surface area contributed by atoms with E-state index in [1.165, 1.54) is 0 Å². The number of hydrogen-bond acceptors (Lipinski definition) is 6. The lowest BCUT2D eigenvalue weighted by atomic mass is 10.0. The largest absolute Gasteiger partial charge is 0.470 e. The Hall–Kier alpha value is -0.940. The Labute approximate surface area is 99.6 Å². The van der Waals surface area contributed by atoms with Crippen molar-refractivity contribution in [3.05, 3.63) is 0 Å². The second kappa shape index (κ2) is 6.85. The summed E-state index contributed by atoms with van der Waals surface area (Å²) in [6, 6.07) is 0. The van der Waals surface area contributed by atoms with E-state index in [-0.39, 0.29) is 6.42 Å². The predicted octanol–water partition coefficient (Wildman–Crippen LogP) is -2.16. The minimum Gasteiger partial charge on any atom is -0.394 e. The summed E-state index contributed by atoms with van der Waals surface area (Å²) in [7, 11) is 0. The van der Waals surface area contributed by atoms with Crippen LogP contribution in [0.25, 0.3) is 0 Å². The summed E-state index contributed by atoms with van der Waals surface area (Å²) >= 11 is 0. The van der Waals surface area contributed by atoms with E-state index in [4.69, 9.17) is 30.0 Å². The number of rotatable bonds is 1. The highest BCUT2D eigenvalue weighted by molar-refractivity contribution is 5.79. The average molecular weight is 277 g/mol. The van der Waals surface area contributed by atoms with E-state index in [0.717, 1.165) is 0 Å². The zero-order chi connectivity index (χ0) is 14.5. The summed E-state index contributed by atoms with van der Waals surface area (Å²) in [6.45, 7) is -0.407. The molecule has 1 rings (SSSR count). The number of aliphatic hydroxyl groups is 4. The number of aliphatic hydroxyl groups excluding tert-OH is 4. The highest BCUT2D eigenvalue weighted by atomic mass is 19.4. The molecule has 0 aliphatic carbocycles. The van der Waals surface area contributed by atoms with E-state index in [1.54, 1.807) is 0 Å². The maximum Gasteiger partial charge on any atom is 0.470 e. The van der Waals surface area contributed by atoms with Gasteiger partial charge in [-0.05, 0) is 0 Å². The molecule has 0 radical (unpaired) electrons.